The summed E-state index contributed by atoms with van der Waals surface area (Å²) in [5.41, 5.74) is 0.584. The van der Waals surface area contributed by atoms with Gasteiger partial charge in [-0.3, -0.25) is 0 Å². The van der Waals surface area contributed by atoms with Crippen LogP contribution in [0.25, 0.3) is 0 Å². The Hall–Kier alpha value is -0.720. The summed E-state index contributed by atoms with van der Waals surface area (Å²) < 4.78 is 30.2. The van der Waals surface area contributed by atoms with Crippen LogP contribution in [0.1, 0.15) is 5.69 Å². The average molecular weight is 279 g/mol. The minimum absolute atomic E-state index is 0.240. The molecule has 0 aliphatic carbocycles. The van der Waals surface area contributed by atoms with Crippen LogP contribution in [-0.4, -0.2) is 9.59 Å². The molecule has 0 N–H and O–H groups in total. The van der Waals surface area contributed by atoms with Gasteiger partial charge in [0.2, 0.25) is 0 Å². The molecule has 1 aromatic carbocycles. The van der Waals surface area contributed by atoms with Gasteiger partial charge in [0.15, 0.2) is 0 Å². The molecule has 0 unspecified atom stereocenters. The largest absolute Gasteiger partial charge is 0.207 e. The fourth-order valence-electron chi connectivity index (χ4n) is 1.02. The molecule has 0 saturated carbocycles. The molecule has 0 fully saturated rings. The summed E-state index contributed by atoms with van der Waals surface area (Å²) >= 11 is 8.00. The van der Waals surface area contributed by atoms with Gasteiger partial charge < -0.3 is 0 Å². The lowest BCUT2D eigenvalue weighted by Crippen LogP contribution is -1.86. The zero-order chi connectivity index (χ0) is 11.5. The van der Waals surface area contributed by atoms with Gasteiger partial charge in [-0.2, -0.15) is 0 Å². The monoisotopic (exact) mass is 278 g/mol. The Balaban J connectivity index is 2.10. The summed E-state index contributed by atoms with van der Waals surface area (Å²) in [6, 6.07) is 3.32. The highest BCUT2D eigenvalue weighted by Gasteiger charge is 2.09. The van der Waals surface area contributed by atoms with Crippen molar-refractivity contribution in [2.24, 2.45) is 0 Å². The Morgan fingerprint density at radius 3 is 2.88 bits per heavy atom. The van der Waals surface area contributed by atoms with Crippen molar-refractivity contribution in [3.63, 3.8) is 0 Å². The Morgan fingerprint density at radius 1 is 1.38 bits per heavy atom. The van der Waals surface area contributed by atoms with Crippen LogP contribution in [0, 0.1) is 11.6 Å². The first-order chi connectivity index (χ1) is 7.66. The summed E-state index contributed by atoms with van der Waals surface area (Å²) in [7, 11) is 0. The Morgan fingerprint density at radius 2 is 2.19 bits per heavy atom. The average Bonchev–Trinajstić information content (AvgIpc) is 2.66. The first-order valence-corrected chi connectivity index (χ1v) is 6.35. The molecule has 0 aliphatic rings. The Kier molecular flexibility index (Phi) is 3.73. The van der Waals surface area contributed by atoms with Crippen molar-refractivity contribution in [1.82, 2.24) is 9.59 Å². The van der Waals surface area contributed by atoms with Crippen LogP contribution < -0.4 is 0 Å². The predicted octanol–water partition coefficient (Wildman–Crippen LogP) is 3.76. The van der Waals surface area contributed by atoms with E-state index in [1.165, 1.54) is 0 Å². The zero-order valence-corrected chi connectivity index (χ0v) is 10.2. The second kappa shape index (κ2) is 5.07. The lowest BCUT2D eigenvalue weighted by Gasteiger charge is -2.01. The molecule has 0 bridgehead atoms. The van der Waals surface area contributed by atoms with Crippen LogP contribution in [0.15, 0.2) is 23.1 Å². The van der Waals surface area contributed by atoms with E-state index >= 15 is 0 Å². The van der Waals surface area contributed by atoms with Crippen molar-refractivity contribution in [1.29, 1.82) is 0 Å². The topological polar surface area (TPSA) is 25.8 Å². The maximum Gasteiger partial charge on any atom is 0.138 e. The molecule has 2 nitrogen and oxygen atoms in total. The summed E-state index contributed by atoms with van der Waals surface area (Å²) in [4.78, 5) is 0.240. The van der Waals surface area contributed by atoms with Gasteiger partial charge in [0.1, 0.15) is 21.7 Å². The highest BCUT2D eigenvalue weighted by atomic mass is 35.5. The van der Waals surface area contributed by atoms with Crippen molar-refractivity contribution in [3.8, 4) is 0 Å². The molecule has 16 heavy (non-hydrogen) atoms. The minimum Gasteiger partial charge on any atom is -0.207 e. The quantitative estimate of drug-likeness (QED) is 0.800. The Bertz CT molecular complexity index is 504. The van der Waals surface area contributed by atoms with Crippen LogP contribution in [0.3, 0.4) is 0 Å². The summed E-state index contributed by atoms with van der Waals surface area (Å²) in [6.07, 6.45) is 0. The zero-order valence-electron chi connectivity index (χ0n) is 7.78. The Labute approximate surface area is 104 Å². The molecule has 1 heterocycles. The highest BCUT2D eigenvalue weighted by Crippen LogP contribution is 2.29. The van der Waals surface area contributed by atoms with Crippen molar-refractivity contribution in [2.45, 2.75) is 10.6 Å². The van der Waals surface area contributed by atoms with Gasteiger partial charge in [0, 0.05) is 22.2 Å². The third kappa shape index (κ3) is 2.69. The van der Waals surface area contributed by atoms with E-state index in [2.05, 4.69) is 9.59 Å². The summed E-state index contributed by atoms with van der Waals surface area (Å²) in [5, 5.41) is 3.78. The van der Waals surface area contributed by atoms with Crippen molar-refractivity contribution >= 4 is 34.9 Å². The van der Waals surface area contributed by atoms with E-state index in [9.17, 15) is 8.78 Å². The van der Waals surface area contributed by atoms with E-state index in [0.29, 0.717) is 15.8 Å². The number of rotatable bonds is 3. The van der Waals surface area contributed by atoms with Crippen molar-refractivity contribution in [3.05, 3.63) is 39.9 Å². The highest BCUT2D eigenvalue weighted by molar-refractivity contribution is 7.98. The van der Waals surface area contributed by atoms with Gasteiger partial charge >= 0.3 is 0 Å². The third-order valence-electron chi connectivity index (χ3n) is 1.77. The molecule has 2 rings (SSSR count). The molecular weight excluding hydrogens is 274 g/mol. The van der Waals surface area contributed by atoms with Crippen LogP contribution in [-0.2, 0) is 5.75 Å². The molecule has 7 heteroatoms. The molecule has 0 amide bonds. The number of thioether (sulfide) groups is 1. The fourth-order valence-corrected chi connectivity index (χ4v) is 2.71. The van der Waals surface area contributed by atoms with Crippen molar-refractivity contribution < 1.29 is 8.78 Å². The number of halogens is 3. The van der Waals surface area contributed by atoms with Gasteiger partial charge in [-0.15, -0.1) is 16.9 Å². The number of aromatic nitrogens is 2. The lowest BCUT2D eigenvalue weighted by atomic mass is 10.3. The summed E-state index contributed by atoms with van der Waals surface area (Å²) in [5.74, 6) is -0.549. The minimum atomic E-state index is -0.466. The van der Waals surface area contributed by atoms with E-state index in [4.69, 9.17) is 11.6 Å². The second-order valence-electron chi connectivity index (χ2n) is 2.86. The van der Waals surface area contributed by atoms with E-state index in [1.54, 1.807) is 0 Å². The van der Waals surface area contributed by atoms with Gasteiger partial charge in [-0.05, 0) is 18.2 Å². The van der Waals surface area contributed by atoms with Gasteiger partial charge in [0.05, 0.1) is 0 Å². The summed E-state index contributed by atoms with van der Waals surface area (Å²) in [6.45, 7) is 0. The van der Waals surface area contributed by atoms with Crippen LogP contribution >= 0.6 is 34.9 Å². The standard InChI is InChI=1S/C9H5ClF2N2S2/c10-9-7(13-14-16-9)4-15-8-3-5(11)1-2-6(8)12/h1-3H,4H2. The molecule has 0 aliphatic heterocycles. The molecular formula is C9H5ClF2N2S2. The van der Waals surface area contributed by atoms with Gasteiger partial charge in [-0.25, -0.2) is 8.78 Å². The maximum absolute atomic E-state index is 13.2. The third-order valence-corrected chi connectivity index (χ3v) is 3.79. The maximum atomic E-state index is 13.2. The molecule has 84 valence electrons. The van der Waals surface area contributed by atoms with E-state index in [1.807, 2.05) is 0 Å². The molecule has 1 aromatic heterocycles. The van der Waals surface area contributed by atoms with E-state index in [0.717, 1.165) is 41.5 Å². The number of hydrogen-bond acceptors (Lipinski definition) is 4. The first-order valence-electron chi connectivity index (χ1n) is 4.21. The van der Waals surface area contributed by atoms with E-state index in [-0.39, 0.29) is 4.90 Å². The van der Waals surface area contributed by atoms with Crippen LogP contribution in [0.2, 0.25) is 4.34 Å². The first kappa shape index (κ1) is 11.8. The fraction of sp³-hybridized carbons (Fsp3) is 0.111. The van der Waals surface area contributed by atoms with Crippen molar-refractivity contribution in [2.75, 3.05) is 0 Å². The van der Waals surface area contributed by atoms with Gasteiger partial charge in [0.25, 0.3) is 0 Å². The SMILES string of the molecule is Fc1ccc(F)c(SCc2nnsc2Cl)c1. The molecule has 0 saturated heterocycles. The number of benzene rings is 1. The molecule has 0 spiro atoms. The van der Waals surface area contributed by atoms with Crippen LogP contribution in [0.4, 0.5) is 8.78 Å². The van der Waals surface area contributed by atoms with Crippen LogP contribution in [0.5, 0.6) is 0 Å². The molecule has 0 radical (unpaired) electrons. The van der Waals surface area contributed by atoms with Gasteiger partial charge in [-0.1, -0.05) is 16.1 Å². The smallest absolute Gasteiger partial charge is 0.138 e. The predicted molar refractivity (Wildman–Crippen MR) is 60.8 cm³/mol. The number of hydrogen-bond donors (Lipinski definition) is 0. The lowest BCUT2D eigenvalue weighted by molar-refractivity contribution is 0.577. The molecule has 0 atom stereocenters. The number of nitrogens with zero attached hydrogens (tertiary/aromatic N) is 2. The second-order valence-corrected chi connectivity index (χ2v) is 5.23. The van der Waals surface area contributed by atoms with E-state index < -0.39 is 11.6 Å². The molecule has 2 aromatic rings. The normalized spacial score (nSPS) is 10.7.